The summed E-state index contributed by atoms with van der Waals surface area (Å²) in [6, 6.07) is 12.0. The van der Waals surface area contributed by atoms with Gasteiger partial charge in [-0.15, -0.1) is 0 Å². The standard InChI is InChI=1S/C18H21N3O3/c1-23-16-8-9-17(21-16)24-13-5-2-11(3-6-13)18(22)20-15-10-12-4-7-14(15)19-12/h2-3,5-6,8-9,12,14-15,19,21H,4,7,10H2,1H3,(H,20,22). The minimum Gasteiger partial charge on any atom is -0.482 e. The van der Waals surface area contributed by atoms with Gasteiger partial charge in [0.2, 0.25) is 0 Å². The number of benzene rings is 1. The molecule has 1 amide bonds. The second kappa shape index (κ2) is 6.20. The second-order valence-corrected chi connectivity index (χ2v) is 6.38. The lowest BCUT2D eigenvalue weighted by molar-refractivity contribution is 0.0931. The number of carbonyl (C=O) groups excluding carboxylic acids is 1. The van der Waals surface area contributed by atoms with Crippen molar-refractivity contribution in [2.24, 2.45) is 0 Å². The molecule has 6 heteroatoms. The zero-order valence-corrected chi connectivity index (χ0v) is 13.5. The molecule has 2 aromatic rings. The molecular formula is C18H21N3O3. The molecule has 126 valence electrons. The number of hydrogen-bond acceptors (Lipinski definition) is 4. The highest BCUT2D eigenvalue weighted by Crippen LogP contribution is 2.28. The van der Waals surface area contributed by atoms with E-state index >= 15 is 0 Å². The Bertz CT molecular complexity index is 725. The molecule has 0 spiro atoms. The predicted octanol–water partition coefficient (Wildman–Crippen LogP) is 2.44. The van der Waals surface area contributed by atoms with Crippen LogP contribution in [0.25, 0.3) is 0 Å². The van der Waals surface area contributed by atoms with Crippen LogP contribution in [0.3, 0.4) is 0 Å². The van der Waals surface area contributed by atoms with Crippen LogP contribution in [0, 0.1) is 0 Å². The molecule has 2 fully saturated rings. The molecule has 24 heavy (non-hydrogen) atoms. The van der Waals surface area contributed by atoms with E-state index in [1.165, 1.54) is 6.42 Å². The van der Waals surface area contributed by atoms with Gasteiger partial charge in [-0.2, -0.15) is 0 Å². The van der Waals surface area contributed by atoms with E-state index in [1.54, 1.807) is 43.5 Å². The summed E-state index contributed by atoms with van der Waals surface area (Å²) in [5.74, 6) is 1.87. The lowest BCUT2D eigenvalue weighted by Crippen LogP contribution is -2.42. The van der Waals surface area contributed by atoms with E-state index in [9.17, 15) is 4.79 Å². The van der Waals surface area contributed by atoms with Crippen molar-refractivity contribution in [3.63, 3.8) is 0 Å². The van der Waals surface area contributed by atoms with Crippen LogP contribution in [0.2, 0.25) is 0 Å². The van der Waals surface area contributed by atoms with Crippen LogP contribution in [-0.2, 0) is 0 Å². The van der Waals surface area contributed by atoms with Crippen LogP contribution < -0.4 is 20.1 Å². The molecule has 3 atom stereocenters. The summed E-state index contributed by atoms with van der Waals surface area (Å²) in [5.41, 5.74) is 0.647. The van der Waals surface area contributed by atoms with Gasteiger partial charge >= 0.3 is 0 Å². The Hall–Kier alpha value is -2.47. The van der Waals surface area contributed by atoms with Gasteiger partial charge in [0.25, 0.3) is 5.91 Å². The van der Waals surface area contributed by atoms with Crippen molar-refractivity contribution in [3.8, 4) is 17.5 Å². The number of H-pyrrole nitrogens is 1. The van der Waals surface area contributed by atoms with Gasteiger partial charge in [-0.1, -0.05) is 0 Å². The molecule has 0 saturated carbocycles. The topological polar surface area (TPSA) is 75.4 Å². The molecule has 3 heterocycles. The summed E-state index contributed by atoms with van der Waals surface area (Å²) in [7, 11) is 1.59. The first-order chi connectivity index (χ1) is 11.7. The number of nitrogens with one attached hydrogen (secondary N) is 3. The number of aromatic amines is 1. The third-order valence-corrected chi connectivity index (χ3v) is 4.81. The molecule has 1 aromatic heterocycles. The van der Waals surface area contributed by atoms with Gasteiger partial charge in [-0.05, 0) is 43.5 Å². The molecule has 6 nitrogen and oxygen atoms in total. The minimum absolute atomic E-state index is 0.0255. The molecule has 3 N–H and O–H groups in total. The summed E-state index contributed by atoms with van der Waals surface area (Å²) in [4.78, 5) is 15.4. The molecule has 1 aromatic carbocycles. The third-order valence-electron chi connectivity index (χ3n) is 4.81. The number of rotatable bonds is 5. The van der Waals surface area contributed by atoms with Gasteiger partial charge in [0.1, 0.15) is 5.75 Å². The van der Waals surface area contributed by atoms with Crippen LogP contribution in [0.4, 0.5) is 0 Å². The van der Waals surface area contributed by atoms with E-state index in [4.69, 9.17) is 9.47 Å². The average molecular weight is 327 g/mol. The van der Waals surface area contributed by atoms with E-state index in [0.717, 1.165) is 12.8 Å². The summed E-state index contributed by atoms with van der Waals surface area (Å²) in [6.45, 7) is 0. The lowest BCUT2D eigenvalue weighted by Gasteiger charge is -2.21. The fraction of sp³-hybridized carbons (Fsp3) is 0.389. The average Bonchev–Trinajstić information content (AvgIpc) is 3.32. The zero-order valence-electron chi connectivity index (χ0n) is 13.5. The van der Waals surface area contributed by atoms with Crippen molar-refractivity contribution in [1.29, 1.82) is 0 Å². The van der Waals surface area contributed by atoms with Crippen LogP contribution >= 0.6 is 0 Å². The Morgan fingerprint density at radius 3 is 2.54 bits per heavy atom. The molecule has 4 rings (SSSR count). The molecule has 2 bridgehead atoms. The van der Waals surface area contributed by atoms with Gasteiger partial charge in [0, 0.05) is 35.8 Å². The van der Waals surface area contributed by atoms with Crippen molar-refractivity contribution >= 4 is 5.91 Å². The van der Waals surface area contributed by atoms with Gasteiger partial charge in [-0.25, -0.2) is 0 Å². The van der Waals surface area contributed by atoms with Gasteiger partial charge in [0.05, 0.1) is 7.11 Å². The summed E-state index contributed by atoms with van der Waals surface area (Å²) >= 11 is 0. The van der Waals surface area contributed by atoms with Crippen LogP contribution in [0.5, 0.6) is 17.5 Å². The van der Waals surface area contributed by atoms with E-state index in [0.29, 0.717) is 35.2 Å². The molecule has 0 radical (unpaired) electrons. The molecular weight excluding hydrogens is 306 g/mol. The monoisotopic (exact) mass is 327 g/mol. The molecule has 2 aliphatic rings. The number of fused-ring (bicyclic) bond motifs is 2. The highest BCUT2D eigenvalue weighted by Gasteiger charge is 2.39. The van der Waals surface area contributed by atoms with Crippen LogP contribution in [0.15, 0.2) is 36.4 Å². The summed E-state index contributed by atoms with van der Waals surface area (Å²) in [6.07, 6.45) is 3.42. The third kappa shape index (κ3) is 2.97. The van der Waals surface area contributed by atoms with Crippen molar-refractivity contribution in [2.45, 2.75) is 37.4 Å². The fourth-order valence-electron chi connectivity index (χ4n) is 3.57. The SMILES string of the molecule is COc1ccc(Oc2ccc(C(=O)NC3CC4CCC3N4)cc2)[nH]1. The number of ether oxygens (including phenoxy) is 2. The Balaban J connectivity index is 1.37. The molecule has 0 aliphatic carbocycles. The van der Waals surface area contributed by atoms with E-state index in [2.05, 4.69) is 15.6 Å². The van der Waals surface area contributed by atoms with Crippen molar-refractivity contribution in [2.75, 3.05) is 7.11 Å². The maximum absolute atomic E-state index is 12.4. The summed E-state index contributed by atoms with van der Waals surface area (Å²) in [5, 5.41) is 6.67. The lowest BCUT2D eigenvalue weighted by atomic mass is 9.95. The zero-order chi connectivity index (χ0) is 16.5. The number of amides is 1. The van der Waals surface area contributed by atoms with Crippen molar-refractivity contribution in [1.82, 2.24) is 15.6 Å². The highest BCUT2D eigenvalue weighted by atomic mass is 16.5. The van der Waals surface area contributed by atoms with Crippen LogP contribution in [-0.4, -0.2) is 36.1 Å². The van der Waals surface area contributed by atoms with Crippen molar-refractivity contribution in [3.05, 3.63) is 42.0 Å². The van der Waals surface area contributed by atoms with Gasteiger partial charge < -0.3 is 20.1 Å². The van der Waals surface area contributed by atoms with Gasteiger partial charge in [0.15, 0.2) is 11.8 Å². The highest BCUT2D eigenvalue weighted by molar-refractivity contribution is 5.94. The Morgan fingerprint density at radius 2 is 1.92 bits per heavy atom. The number of aromatic nitrogens is 1. The second-order valence-electron chi connectivity index (χ2n) is 6.38. The van der Waals surface area contributed by atoms with Crippen molar-refractivity contribution < 1.29 is 14.3 Å². The molecule has 3 unspecified atom stereocenters. The smallest absolute Gasteiger partial charge is 0.251 e. The van der Waals surface area contributed by atoms with E-state index < -0.39 is 0 Å². The van der Waals surface area contributed by atoms with E-state index in [1.807, 2.05) is 0 Å². The maximum atomic E-state index is 12.4. The quantitative estimate of drug-likeness (QED) is 0.788. The molecule has 2 saturated heterocycles. The first kappa shape index (κ1) is 15.1. The largest absolute Gasteiger partial charge is 0.482 e. The van der Waals surface area contributed by atoms with Crippen LogP contribution in [0.1, 0.15) is 29.6 Å². The number of hydrogen-bond donors (Lipinski definition) is 3. The summed E-state index contributed by atoms with van der Waals surface area (Å²) < 4.78 is 10.8. The molecule has 2 aliphatic heterocycles. The normalized spacial score (nSPS) is 24.8. The Morgan fingerprint density at radius 1 is 1.12 bits per heavy atom. The number of methoxy groups -OCH3 is 1. The fourth-order valence-corrected chi connectivity index (χ4v) is 3.57. The first-order valence-corrected chi connectivity index (χ1v) is 8.29. The Labute approximate surface area is 140 Å². The minimum atomic E-state index is -0.0255. The first-order valence-electron chi connectivity index (χ1n) is 8.29. The Kier molecular flexibility index (Phi) is 3.90. The number of carbonyl (C=O) groups is 1. The predicted molar refractivity (Wildman–Crippen MR) is 89.7 cm³/mol. The van der Waals surface area contributed by atoms with Gasteiger partial charge in [-0.3, -0.25) is 9.78 Å². The maximum Gasteiger partial charge on any atom is 0.251 e. The van der Waals surface area contributed by atoms with E-state index in [-0.39, 0.29) is 11.9 Å².